The molecule has 8 aromatic rings. The third-order valence-electron chi connectivity index (χ3n) is 11.2. The Hall–Kier alpha value is -6.92. The highest BCUT2D eigenvalue weighted by Gasteiger charge is 2.23. The predicted molar refractivity (Wildman–Crippen MR) is 246 cm³/mol. The van der Waals surface area contributed by atoms with Crippen LogP contribution in [0.25, 0.3) is 66.1 Å². The fraction of sp³-hybridized carbons (Fsp3) is 0.170. The van der Waals surface area contributed by atoms with Gasteiger partial charge in [-0.1, -0.05) is 98.1 Å². The average Bonchev–Trinajstić information content (AvgIpc) is 3.73. The molecule has 0 unspecified atom stereocenters. The summed E-state index contributed by atoms with van der Waals surface area (Å²) in [5, 5.41) is 28.5. The number of benzene rings is 6. The summed E-state index contributed by atoms with van der Waals surface area (Å²) in [7, 11) is 0. The van der Waals surface area contributed by atoms with E-state index in [1.165, 1.54) is 0 Å². The number of rotatable bonds is 12. The van der Waals surface area contributed by atoms with Gasteiger partial charge in [0, 0.05) is 50.2 Å². The highest BCUT2D eigenvalue weighted by atomic mass is 16.5. The maximum atomic E-state index is 12.0. The molecule has 0 aliphatic carbocycles. The summed E-state index contributed by atoms with van der Waals surface area (Å²) in [6, 6.07) is 41.1. The van der Waals surface area contributed by atoms with Crippen LogP contribution in [0.3, 0.4) is 0 Å². The fourth-order valence-corrected chi connectivity index (χ4v) is 8.78. The molecule has 8 rings (SSSR count). The number of aromatic hydroxyl groups is 2. The van der Waals surface area contributed by atoms with Crippen molar-refractivity contribution in [2.75, 3.05) is 0 Å². The Morgan fingerprint density at radius 3 is 1.44 bits per heavy atom. The normalized spacial score (nSPS) is 13.5. The lowest BCUT2D eigenvalue weighted by molar-refractivity contribution is 0.0587. The first-order valence-electron chi connectivity index (χ1n) is 20.2. The van der Waals surface area contributed by atoms with Crippen LogP contribution in [0.1, 0.15) is 56.4 Å². The second-order valence-corrected chi connectivity index (χ2v) is 15.5. The van der Waals surface area contributed by atoms with Crippen LogP contribution in [-0.4, -0.2) is 31.6 Å². The molecule has 6 aromatic carbocycles. The molecule has 2 N–H and O–H groups in total. The minimum Gasteiger partial charge on any atom is -0.505 e. The number of nitrogens with zero attached hydrogens (tertiary/aromatic N) is 2. The molecular formula is C53H50N2O4. The van der Waals surface area contributed by atoms with Crippen molar-refractivity contribution in [3.63, 3.8) is 0 Å². The van der Waals surface area contributed by atoms with Crippen molar-refractivity contribution in [2.24, 2.45) is 0 Å². The van der Waals surface area contributed by atoms with Gasteiger partial charge in [0.05, 0.1) is 45.6 Å². The number of phenolic OH excluding ortho intramolecular Hbond substituents is 2. The van der Waals surface area contributed by atoms with E-state index in [9.17, 15) is 10.2 Å². The molecule has 0 radical (unpaired) electrons. The Kier molecular flexibility index (Phi) is 10.4. The SMILES string of the molecule is C=C/C(=C(\C)O[C@H](C)C[C@H](C)OC(=C)/C(=C\C)c1cc(C)cc(-n2c3ccccc3c3ccccc32)c1O)c1cc(C)cc(-n2c3ccccc3c3ccccc32)c1O. The van der Waals surface area contributed by atoms with Crippen LogP contribution >= 0.6 is 0 Å². The van der Waals surface area contributed by atoms with Crippen molar-refractivity contribution in [1.29, 1.82) is 0 Å². The minimum absolute atomic E-state index is 0.153. The number of aromatic nitrogens is 2. The number of allylic oxidation sites excluding steroid dienone is 5. The van der Waals surface area contributed by atoms with Gasteiger partial charge >= 0.3 is 0 Å². The maximum absolute atomic E-state index is 12.0. The van der Waals surface area contributed by atoms with E-state index in [-0.39, 0.29) is 23.7 Å². The summed E-state index contributed by atoms with van der Waals surface area (Å²) < 4.78 is 17.3. The number of fused-ring (bicyclic) bond motifs is 6. The molecule has 6 nitrogen and oxygen atoms in total. The molecule has 59 heavy (non-hydrogen) atoms. The molecule has 0 bridgehead atoms. The summed E-state index contributed by atoms with van der Waals surface area (Å²) in [5.74, 6) is 1.41. The number of para-hydroxylation sites is 4. The van der Waals surface area contributed by atoms with Crippen molar-refractivity contribution < 1.29 is 19.7 Å². The molecule has 2 aromatic heterocycles. The van der Waals surface area contributed by atoms with Gasteiger partial charge < -0.3 is 28.8 Å². The van der Waals surface area contributed by atoms with Gasteiger partial charge in [0.2, 0.25) is 0 Å². The minimum atomic E-state index is -0.273. The van der Waals surface area contributed by atoms with Gasteiger partial charge in [-0.2, -0.15) is 0 Å². The molecule has 0 fully saturated rings. The van der Waals surface area contributed by atoms with E-state index in [4.69, 9.17) is 9.47 Å². The third kappa shape index (κ3) is 6.95. The first-order valence-corrected chi connectivity index (χ1v) is 20.2. The van der Waals surface area contributed by atoms with E-state index < -0.39 is 0 Å². The summed E-state index contributed by atoms with van der Waals surface area (Å²) in [5.41, 5.74) is 10.2. The molecule has 0 aliphatic rings. The molecule has 0 amide bonds. The molecule has 0 saturated carbocycles. The van der Waals surface area contributed by atoms with Gasteiger partial charge in [-0.05, 0) is 101 Å². The first-order chi connectivity index (χ1) is 28.5. The molecule has 2 heterocycles. The van der Waals surface area contributed by atoms with Gasteiger partial charge in [-0.25, -0.2) is 0 Å². The van der Waals surface area contributed by atoms with Crippen molar-refractivity contribution in [3.05, 3.63) is 180 Å². The summed E-state index contributed by atoms with van der Waals surface area (Å²) in [6.07, 6.45) is 3.71. The van der Waals surface area contributed by atoms with Crippen LogP contribution in [-0.2, 0) is 9.47 Å². The van der Waals surface area contributed by atoms with Crippen LogP contribution in [0.5, 0.6) is 11.5 Å². The molecule has 2 atom stereocenters. The summed E-state index contributed by atoms with van der Waals surface area (Å²) in [4.78, 5) is 0. The van der Waals surface area contributed by atoms with Gasteiger partial charge in [-0.3, -0.25) is 0 Å². The molecule has 0 spiro atoms. The fourth-order valence-electron chi connectivity index (χ4n) is 8.78. The van der Waals surface area contributed by atoms with E-state index >= 15 is 0 Å². The van der Waals surface area contributed by atoms with E-state index in [1.54, 1.807) is 6.08 Å². The van der Waals surface area contributed by atoms with E-state index in [1.807, 2.05) is 120 Å². The smallest absolute Gasteiger partial charge is 0.147 e. The molecule has 296 valence electrons. The number of aryl methyl sites for hydroxylation is 2. The number of phenols is 2. The molecular weight excluding hydrogens is 729 g/mol. The van der Waals surface area contributed by atoms with Crippen LogP contribution in [0.4, 0.5) is 0 Å². The summed E-state index contributed by atoms with van der Waals surface area (Å²) >= 11 is 0. The largest absolute Gasteiger partial charge is 0.505 e. The lowest BCUT2D eigenvalue weighted by atomic mass is 9.99. The van der Waals surface area contributed by atoms with Gasteiger partial charge in [0.1, 0.15) is 23.0 Å². The molecule has 0 aliphatic heterocycles. The van der Waals surface area contributed by atoms with Crippen molar-refractivity contribution in [1.82, 2.24) is 9.13 Å². The molecule has 6 heteroatoms. The second-order valence-electron chi connectivity index (χ2n) is 15.5. The average molecular weight is 779 g/mol. The molecule has 0 saturated heterocycles. The van der Waals surface area contributed by atoms with Crippen LogP contribution < -0.4 is 0 Å². The van der Waals surface area contributed by atoms with Gasteiger partial charge in [0.15, 0.2) is 0 Å². The third-order valence-corrected chi connectivity index (χ3v) is 11.2. The van der Waals surface area contributed by atoms with Crippen LogP contribution in [0.2, 0.25) is 0 Å². The Labute approximate surface area is 345 Å². The van der Waals surface area contributed by atoms with E-state index in [2.05, 4.69) is 70.8 Å². The van der Waals surface area contributed by atoms with E-state index in [0.717, 1.165) is 54.7 Å². The lowest BCUT2D eigenvalue weighted by Gasteiger charge is -2.24. The summed E-state index contributed by atoms with van der Waals surface area (Å²) in [6.45, 7) is 20.4. The zero-order valence-corrected chi connectivity index (χ0v) is 34.6. The van der Waals surface area contributed by atoms with Crippen molar-refractivity contribution in [3.8, 4) is 22.9 Å². The number of ether oxygens (including phenoxy) is 2. The van der Waals surface area contributed by atoms with Crippen molar-refractivity contribution in [2.45, 2.75) is 60.2 Å². The number of hydrogen-bond donors (Lipinski definition) is 2. The zero-order chi connectivity index (χ0) is 41.5. The van der Waals surface area contributed by atoms with Crippen LogP contribution in [0.15, 0.2) is 158 Å². The number of hydrogen-bond acceptors (Lipinski definition) is 4. The Bertz CT molecular complexity index is 2900. The standard InChI is InChI=1S/C53H50N2O4/c1-9-38(44-27-32(3)29-50(52(44)56)54-46-23-15-11-19-40(46)41-20-12-16-24-47(41)54)36(7)58-34(5)31-35(6)59-37(8)39(10-2)45-28-33(4)30-51(53(45)57)55-48-25-17-13-21-42(48)43-22-14-18-26-49(43)55/h9-30,34-35,56-57H,1,8,31H2,2-7H3/b38-36-,39-10+/t34-,35+/m1/s1. The first kappa shape index (κ1) is 38.9. The Morgan fingerprint density at radius 2 is 1.02 bits per heavy atom. The van der Waals surface area contributed by atoms with Gasteiger partial charge in [-0.15, -0.1) is 0 Å². The lowest BCUT2D eigenvalue weighted by Crippen LogP contribution is -2.18. The van der Waals surface area contributed by atoms with Crippen molar-refractivity contribution >= 4 is 54.8 Å². The van der Waals surface area contributed by atoms with E-state index in [0.29, 0.717) is 51.6 Å². The van der Waals surface area contributed by atoms with Gasteiger partial charge in [0.25, 0.3) is 0 Å². The maximum Gasteiger partial charge on any atom is 0.147 e. The Balaban J connectivity index is 1.03. The highest BCUT2D eigenvalue weighted by molar-refractivity contribution is 6.10. The van der Waals surface area contributed by atoms with Crippen LogP contribution in [0, 0.1) is 13.8 Å². The zero-order valence-electron chi connectivity index (χ0n) is 34.6. The second kappa shape index (κ2) is 15.8. The predicted octanol–water partition coefficient (Wildman–Crippen LogP) is 13.6. The monoisotopic (exact) mass is 778 g/mol. The quantitative estimate of drug-likeness (QED) is 0.0957. The highest BCUT2D eigenvalue weighted by Crippen LogP contribution is 2.42. The topological polar surface area (TPSA) is 68.8 Å². The Morgan fingerprint density at radius 1 is 0.627 bits per heavy atom.